The van der Waals surface area contributed by atoms with Crippen molar-refractivity contribution in [1.82, 2.24) is 9.78 Å². The third-order valence-electron chi connectivity index (χ3n) is 4.15. The van der Waals surface area contributed by atoms with E-state index in [2.05, 4.69) is 5.10 Å². The third kappa shape index (κ3) is 3.57. The van der Waals surface area contributed by atoms with Gasteiger partial charge in [0, 0.05) is 5.56 Å². The Hall–Kier alpha value is -3.21. The van der Waals surface area contributed by atoms with Crippen molar-refractivity contribution < 1.29 is 13.9 Å². The SMILES string of the molecule is COc1ccc(C)cc1C=CC(=O)c1cnn(-c2ccc(F)cc2)c1C. The number of rotatable bonds is 5. The standard InChI is InChI=1S/C21H19FN2O2/c1-14-4-11-21(26-3)16(12-14)5-10-20(25)19-13-23-24(15(19)2)18-8-6-17(22)7-9-18/h4-13H,1-3H3. The van der Waals surface area contributed by atoms with Gasteiger partial charge in [0.2, 0.25) is 0 Å². The average Bonchev–Trinajstić information content (AvgIpc) is 3.02. The van der Waals surface area contributed by atoms with Gasteiger partial charge in [-0.1, -0.05) is 11.6 Å². The number of ketones is 1. The molecule has 0 aliphatic heterocycles. The maximum absolute atomic E-state index is 13.1. The highest BCUT2D eigenvalue weighted by Crippen LogP contribution is 2.22. The van der Waals surface area contributed by atoms with Gasteiger partial charge in [0.05, 0.1) is 30.3 Å². The molecule has 0 aliphatic rings. The number of allylic oxidation sites excluding steroid dienone is 1. The van der Waals surface area contributed by atoms with Gasteiger partial charge in [0.15, 0.2) is 5.78 Å². The van der Waals surface area contributed by atoms with Crippen molar-refractivity contribution in [1.29, 1.82) is 0 Å². The Morgan fingerprint density at radius 2 is 1.88 bits per heavy atom. The first-order chi connectivity index (χ1) is 12.5. The first kappa shape index (κ1) is 17.6. The molecule has 4 nitrogen and oxygen atoms in total. The molecule has 0 radical (unpaired) electrons. The monoisotopic (exact) mass is 350 g/mol. The highest BCUT2D eigenvalue weighted by atomic mass is 19.1. The number of hydrogen-bond acceptors (Lipinski definition) is 3. The van der Waals surface area contributed by atoms with Crippen molar-refractivity contribution in [3.05, 3.63) is 82.9 Å². The number of methoxy groups -OCH3 is 1. The summed E-state index contributed by atoms with van der Waals surface area (Å²) in [6.45, 7) is 3.79. The maximum Gasteiger partial charge on any atom is 0.189 e. The molecule has 0 unspecified atom stereocenters. The fraction of sp³-hybridized carbons (Fsp3) is 0.143. The average molecular weight is 350 g/mol. The van der Waals surface area contributed by atoms with Gasteiger partial charge in [-0.3, -0.25) is 4.79 Å². The molecular formula is C21H19FN2O2. The zero-order valence-corrected chi connectivity index (χ0v) is 14.9. The van der Waals surface area contributed by atoms with Crippen molar-refractivity contribution >= 4 is 11.9 Å². The quantitative estimate of drug-likeness (QED) is 0.501. The Bertz CT molecular complexity index is 972. The second kappa shape index (κ2) is 7.35. The summed E-state index contributed by atoms with van der Waals surface area (Å²) in [4.78, 5) is 12.6. The van der Waals surface area contributed by atoms with E-state index in [1.165, 1.54) is 24.4 Å². The molecule has 5 heteroatoms. The Labute approximate surface area is 151 Å². The Morgan fingerprint density at radius 1 is 1.15 bits per heavy atom. The lowest BCUT2D eigenvalue weighted by atomic mass is 10.1. The van der Waals surface area contributed by atoms with Crippen LogP contribution in [0.5, 0.6) is 5.75 Å². The Morgan fingerprint density at radius 3 is 2.58 bits per heavy atom. The van der Waals surface area contributed by atoms with Gasteiger partial charge < -0.3 is 4.74 Å². The summed E-state index contributed by atoms with van der Waals surface area (Å²) < 4.78 is 20.0. The van der Waals surface area contributed by atoms with E-state index in [4.69, 9.17) is 4.74 Å². The molecule has 3 aromatic rings. The Balaban J connectivity index is 1.87. The molecule has 0 fully saturated rings. The lowest BCUT2D eigenvalue weighted by Gasteiger charge is -2.06. The van der Waals surface area contributed by atoms with Crippen LogP contribution >= 0.6 is 0 Å². The molecule has 1 heterocycles. The van der Waals surface area contributed by atoms with E-state index in [0.717, 1.165) is 11.1 Å². The fourth-order valence-electron chi connectivity index (χ4n) is 2.73. The molecule has 0 saturated heterocycles. The molecule has 0 atom stereocenters. The van der Waals surface area contributed by atoms with Crippen molar-refractivity contribution in [2.75, 3.05) is 7.11 Å². The van der Waals surface area contributed by atoms with Crippen LogP contribution in [0.1, 0.15) is 27.2 Å². The van der Waals surface area contributed by atoms with Crippen molar-refractivity contribution in [2.24, 2.45) is 0 Å². The first-order valence-corrected chi connectivity index (χ1v) is 8.17. The second-order valence-electron chi connectivity index (χ2n) is 5.97. The number of halogens is 1. The molecular weight excluding hydrogens is 331 g/mol. The van der Waals surface area contributed by atoms with E-state index < -0.39 is 0 Å². The van der Waals surface area contributed by atoms with Crippen LogP contribution in [0, 0.1) is 19.7 Å². The van der Waals surface area contributed by atoms with Crippen molar-refractivity contribution in [3.8, 4) is 11.4 Å². The van der Waals surface area contributed by atoms with Gasteiger partial charge in [-0.2, -0.15) is 5.10 Å². The van der Waals surface area contributed by atoms with E-state index >= 15 is 0 Å². The molecule has 3 rings (SSSR count). The van der Waals surface area contributed by atoms with Crippen LogP contribution in [0.4, 0.5) is 4.39 Å². The van der Waals surface area contributed by atoms with E-state index in [1.807, 2.05) is 32.0 Å². The largest absolute Gasteiger partial charge is 0.496 e. The van der Waals surface area contributed by atoms with Gasteiger partial charge in [-0.15, -0.1) is 0 Å². The van der Waals surface area contributed by atoms with Gasteiger partial charge >= 0.3 is 0 Å². The fourth-order valence-corrected chi connectivity index (χ4v) is 2.73. The lowest BCUT2D eigenvalue weighted by molar-refractivity contribution is 0.104. The highest BCUT2D eigenvalue weighted by molar-refractivity contribution is 6.07. The van der Waals surface area contributed by atoms with Crippen LogP contribution in [-0.2, 0) is 0 Å². The summed E-state index contributed by atoms with van der Waals surface area (Å²) >= 11 is 0. The first-order valence-electron chi connectivity index (χ1n) is 8.17. The summed E-state index contributed by atoms with van der Waals surface area (Å²) in [5.41, 5.74) is 3.81. The summed E-state index contributed by atoms with van der Waals surface area (Å²) in [5.74, 6) is 0.239. The predicted octanol–water partition coefficient (Wildman–Crippen LogP) is 4.53. The van der Waals surface area contributed by atoms with Crippen LogP contribution in [-0.4, -0.2) is 22.7 Å². The van der Waals surface area contributed by atoms with E-state index in [9.17, 15) is 9.18 Å². The van der Waals surface area contributed by atoms with Gasteiger partial charge in [-0.25, -0.2) is 9.07 Å². The van der Waals surface area contributed by atoms with Crippen LogP contribution in [0.2, 0.25) is 0 Å². The minimum atomic E-state index is -0.315. The molecule has 0 N–H and O–H groups in total. The van der Waals surface area contributed by atoms with Crippen molar-refractivity contribution in [3.63, 3.8) is 0 Å². The molecule has 0 bridgehead atoms. The molecule has 2 aromatic carbocycles. The molecule has 0 spiro atoms. The van der Waals surface area contributed by atoms with Gasteiger partial charge in [-0.05, 0) is 62.4 Å². The lowest BCUT2D eigenvalue weighted by Crippen LogP contribution is -2.01. The van der Waals surface area contributed by atoms with Crippen LogP contribution in [0.15, 0.2) is 54.7 Å². The number of ether oxygens (including phenoxy) is 1. The molecule has 0 aliphatic carbocycles. The molecule has 1 aromatic heterocycles. The summed E-state index contributed by atoms with van der Waals surface area (Å²) in [6.07, 6.45) is 4.78. The number of nitrogens with zero attached hydrogens (tertiary/aromatic N) is 2. The number of carbonyl (C=O) groups excluding carboxylic acids is 1. The van der Waals surface area contributed by atoms with Crippen LogP contribution in [0.25, 0.3) is 11.8 Å². The number of aryl methyl sites for hydroxylation is 1. The van der Waals surface area contributed by atoms with Crippen LogP contribution in [0.3, 0.4) is 0 Å². The number of aromatic nitrogens is 2. The summed E-state index contributed by atoms with van der Waals surface area (Å²) in [6, 6.07) is 11.8. The number of hydrogen-bond donors (Lipinski definition) is 0. The predicted molar refractivity (Wildman–Crippen MR) is 99.4 cm³/mol. The van der Waals surface area contributed by atoms with Crippen LogP contribution < -0.4 is 4.74 Å². The Kier molecular flexibility index (Phi) is 4.98. The van der Waals surface area contributed by atoms with E-state index in [0.29, 0.717) is 22.7 Å². The molecule has 0 saturated carbocycles. The van der Waals surface area contributed by atoms with Crippen molar-refractivity contribution in [2.45, 2.75) is 13.8 Å². The normalized spacial score (nSPS) is 11.1. The molecule has 132 valence electrons. The van der Waals surface area contributed by atoms with E-state index in [-0.39, 0.29) is 11.6 Å². The van der Waals surface area contributed by atoms with Gasteiger partial charge in [0.25, 0.3) is 0 Å². The number of carbonyl (C=O) groups is 1. The third-order valence-corrected chi connectivity index (χ3v) is 4.15. The second-order valence-corrected chi connectivity index (χ2v) is 5.97. The van der Waals surface area contributed by atoms with Gasteiger partial charge in [0.1, 0.15) is 11.6 Å². The topological polar surface area (TPSA) is 44.1 Å². The smallest absolute Gasteiger partial charge is 0.189 e. The summed E-state index contributed by atoms with van der Waals surface area (Å²) in [7, 11) is 1.60. The zero-order chi connectivity index (χ0) is 18.7. The minimum Gasteiger partial charge on any atom is -0.496 e. The zero-order valence-electron chi connectivity index (χ0n) is 14.9. The van der Waals surface area contributed by atoms with E-state index in [1.54, 1.807) is 30.0 Å². The minimum absolute atomic E-state index is 0.153. The maximum atomic E-state index is 13.1. The molecule has 26 heavy (non-hydrogen) atoms. The molecule has 0 amide bonds. The summed E-state index contributed by atoms with van der Waals surface area (Å²) in [5, 5.41) is 4.25. The highest BCUT2D eigenvalue weighted by Gasteiger charge is 2.13. The number of benzene rings is 2.